The van der Waals surface area contributed by atoms with E-state index in [0.29, 0.717) is 0 Å². The lowest BCUT2D eigenvalue weighted by Gasteiger charge is -2.14. The molecule has 0 aliphatic carbocycles. The highest BCUT2D eigenvalue weighted by Gasteiger charge is 2.19. The van der Waals surface area contributed by atoms with Crippen LogP contribution in [0.15, 0.2) is 0 Å². The molecule has 0 aromatic heterocycles. The first kappa shape index (κ1) is 15.9. The number of amides is 1. The smallest absolute Gasteiger partial charge is 0.304 e. The zero-order valence-corrected chi connectivity index (χ0v) is 10.9. The lowest BCUT2D eigenvalue weighted by atomic mass is 10.2. The van der Waals surface area contributed by atoms with Crippen molar-refractivity contribution in [2.45, 2.75) is 39.2 Å². The van der Waals surface area contributed by atoms with Crippen LogP contribution in [0.5, 0.6) is 0 Å². The van der Waals surface area contributed by atoms with Crippen LogP contribution in [0.25, 0.3) is 0 Å². The third-order valence-electron chi connectivity index (χ3n) is 2.33. The maximum atomic E-state index is 11.4. The van der Waals surface area contributed by atoms with Crippen molar-refractivity contribution in [2.75, 3.05) is 11.5 Å². The van der Waals surface area contributed by atoms with Gasteiger partial charge in [-0.1, -0.05) is 13.8 Å². The van der Waals surface area contributed by atoms with Gasteiger partial charge in [-0.3, -0.25) is 9.59 Å². The molecule has 0 radical (unpaired) electrons. The number of hydrogen-bond donors (Lipinski definition) is 2. The van der Waals surface area contributed by atoms with Gasteiger partial charge >= 0.3 is 5.97 Å². The van der Waals surface area contributed by atoms with E-state index in [1.54, 1.807) is 0 Å². The van der Waals surface area contributed by atoms with E-state index in [9.17, 15) is 18.0 Å². The minimum Gasteiger partial charge on any atom is -0.481 e. The van der Waals surface area contributed by atoms with Crippen LogP contribution in [0.3, 0.4) is 0 Å². The van der Waals surface area contributed by atoms with Gasteiger partial charge in [0.15, 0.2) is 9.84 Å². The molecule has 0 aromatic carbocycles. The lowest BCUT2D eigenvalue weighted by Crippen LogP contribution is -2.38. The molecule has 6 nitrogen and oxygen atoms in total. The van der Waals surface area contributed by atoms with Gasteiger partial charge in [0.25, 0.3) is 0 Å². The summed E-state index contributed by atoms with van der Waals surface area (Å²) in [5.74, 6) is -2.90. The number of aliphatic carboxylic acids is 1. The highest BCUT2D eigenvalue weighted by atomic mass is 32.2. The maximum Gasteiger partial charge on any atom is 0.304 e. The number of carboxylic acid groups (broad SMARTS) is 1. The van der Waals surface area contributed by atoms with Crippen LogP contribution in [0.1, 0.15) is 33.1 Å². The third kappa shape index (κ3) is 7.73. The van der Waals surface area contributed by atoms with Crippen LogP contribution < -0.4 is 5.32 Å². The molecule has 0 bridgehead atoms. The summed E-state index contributed by atoms with van der Waals surface area (Å²) in [6, 6.07) is -0.0304. The van der Waals surface area contributed by atoms with Gasteiger partial charge in [-0.15, -0.1) is 0 Å². The normalized spacial score (nSPS) is 11.5. The standard InChI is InChI=1S/C10H19NO5S/c1-3-8(4-2)11-9(12)7-17(15,16)6-5-10(13)14/h8H,3-7H2,1-2H3,(H,11,12)(H,13,14). The Labute approximate surface area is 101 Å². The maximum absolute atomic E-state index is 11.4. The summed E-state index contributed by atoms with van der Waals surface area (Å²) in [5.41, 5.74) is 0. The predicted octanol–water partition coefficient (Wildman–Crippen LogP) is 0.181. The first-order chi connectivity index (χ1) is 7.80. The van der Waals surface area contributed by atoms with E-state index < -0.39 is 39.6 Å². The van der Waals surface area contributed by atoms with E-state index in [4.69, 9.17) is 5.11 Å². The molecule has 0 aliphatic rings. The van der Waals surface area contributed by atoms with Crippen molar-refractivity contribution < 1.29 is 23.1 Å². The third-order valence-corrected chi connectivity index (χ3v) is 3.86. The summed E-state index contributed by atoms with van der Waals surface area (Å²) in [4.78, 5) is 21.6. The lowest BCUT2D eigenvalue weighted by molar-refractivity contribution is -0.136. The number of nitrogens with one attached hydrogen (secondary N) is 1. The SMILES string of the molecule is CCC(CC)NC(=O)CS(=O)(=O)CCC(=O)O. The number of carboxylic acids is 1. The van der Waals surface area contributed by atoms with Crippen molar-refractivity contribution in [1.82, 2.24) is 5.32 Å². The summed E-state index contributed by atoms with van der Waals surface area (Å²) < 4.78 is 22.8. The fraction of sp³-hybridized carbons (Fsp3) is 0.800. The van der Waals surface area contributed by atoms with Crippen molar-refractivity contribution in [3.8, 4) is 0 Å². The summed E-state index contributed by atoms with van der Waals surface area (Å²) >= 11 is 0. The molecule has 100 valence electrons. The Morgan fingerprint density at radius 1 is 1.24 bits per heavy atom. The van der Waals surface area contributed by atoms with Crippen LogP contribution >= 0.6 is 0 Å². The van der Waals surface area contributed by atoms with E-state index in [-0.39, 0.29) is 6.04 Å². The van der Waals surface area contributed by atoms with Gasteiger partial charge in [-0.05, 0) is 12.8 Å². The fourth-order valence-electron chi connectivity index (χ4n) is 1.28. The molecule has 7 heteroatoms. The van der Waals surface area contributed by atoms with Crippen molar-refractivity contribution in [3.05, 3.63) is 0 Å². The minimum absolute atomic E-state index is 0.0304. The largest absolute Gasteiger partial charge is 0.481 e. The Balaban J connectivity index is 4.22. The van der Waals surface area contributed by atoms with Crippen LogP contribution in [-0.4, -0.2) is 42.9 Å². The molecule has 0 atom stereocenters. The number of rotatable bonds is 8. The molecular formula is C10H19NO5S. The Hall–Kier alpha value is -1.11. The van der Waals surface area contributed by atoms with Gasteiger partial charge in [-0.2, -0.15) is 0 Å². The average Bonchev–Trinajstić information content (AvgIpc) is 2.22. The van der Waals surface area contributed by atoms with Crippen molar-refractivity contribution >= 4 is 21.7 Å². The van der Waals surface area contributed by atoms with Crippen LogP contribution in [0.4, 0.5) is 0 Å². The fourth-order valence-corrected chi connectivity index (χ4v) is 2.39. The topological polar surface area (TPSA) is 101 Å². The molecule has 0 saturated heterocycles. The summed E-state index contributed by atoms with van der Waals surface area (Å²) in [5, 5.41) is 11.0. The molecule has 0 aromatic rings. The number of carbonyl (C=O) groups excluding carboxylic acids is 1. The van der Waals surface area contributed by atoms with Gasteiger partial charge in [0, 0.05) is 6.04 Å². The predicted molar refractivity (Wildman–Crippen MR) is 63.4 cm³/mol. The Kier molecular flexibility index (Phi) is 6.79. The second-order valence-electron chi connectivity index (χ2n) is 3.82. The van der Waals surface area contributed by atoms with Gasteiger partial charge in [0.2, 0.25) is 5.91 Å². The van der Waals surface area contributed by atoms with Crippen LogP contribution in [0, 0.1) is 0 Å². The van der Waals surface area contributed by atoms with E-state index >= 15 is 0 Å². The van der Waals surface area contributed by atoms with Crippen molar-refractivity contribution in [3.63, 3.8) is 0 Å². The molecule has 0 fully saturated rings. The van der Waals surface area contributed by atoms with Crippen molar-refractivity contribution in [2.24, 2.45) is 0 Å². The molecule has 1 amide bonds. The number of hydrogen-bond acceptors (Lipinski definition) is 4. The van der Waals surface area contributed by atoms with E-state index in [2.05, 4.69) is 5.32 Å². The zero-order chi connectivity index (χ0) is 13.5. The average molecular weight is 265 g/mol. The summed E-state index contributed by atoms with van der Waals surface area (Å²) in [7, 11) is -3.63. The molecule has 0 saturated carbocycles. The second kappa shape index (κ2) is 7.26. The molecule has 0 heterocycles. The monoisotopic (exact) mass is 265 g/mol. The quantitative estimate of drug-likeness (QED) is 0.652. The van der Waals surface area contributed by atoms with Crippen LogP contribution in [0.2, 0.25) is 0 Å². The summed E-state index contributed by atoms with van der Waals surface area (Å²) in [6.07, 6.45) is 0.995. The van der Waals surface area contributed by atoms with E-state index in [0.717, 1.165) is 12.8 Å². The minimum atomic E-state index is -3.63. The first-order valence-corrected chi connectivity index (χ1v) is 7.34. The van der Waals surface area contributed by atoms with E-state index in [1.807, 2.05) is 13.8 Å². The molecule has 0 spiro atoms. The molecule has 17 heavy (non-hydrogen) atoms. The second-order valence-corrected chi connectivity index (χ2v) is 6.00. The number of sulfone groups is 1. The van der Waals surface area contributed by atoms with Crippen molar-refractivity contribution in [1.29, 1.82) is 0 Å². The molecule has 0 unspecified atom stereocenters. The van der Waals surface area contributed by atoms with Gasteiger partial charge in [0.1, 0.15) is 5.75 Å². The van der Waals surface area contributed by atoms with Crippen LogP contribution in [-0.2, 0) is 19.4 Å². The summed E-state index contributed by atoms with van der Waals surface area (Å²) in [6.45, 7) is 3.79. The number of carbonyl (C=O) groups is 2. The Morgan fingerprint density at radius 2 is 1.76 bits per heavy atom. The highest BCUT2D eigenvalue weighted by molar-refractivity contribution is 7.92. The van der Waals surface area contributed by atoms with Gasteiger partial charge in [0.05, 0.1) is 12.2 Å². The van der Waals surface area contributed by atoms with E-state index in [1.165, 1.54) is 0 Å². The molecule has 0 rings (SSSR count). The molecular weight excluding hydrogens is 246 g/mol. The molecule has 0 aliphatic heterocycles. The van der Waals surface area contributed by atoms with Gasteiger partial charge < -0.3 is 10.4 Å². The zero-order valence-electron chi connectivity index (χ0n) is 10.1. The Morgan fingerprint density at radius 3 is 2.18 bits per heavy atom. The first-order valence-electron chi connectivity index (χ1n) is 5.52. The van der Waals surface area contributed by atoms with Gasteiger partial charge in [-0.25, -0.2) is 8.42 Å². The molecule has 2 N–H and O–H groups in total. The Bertz CT molecular complexity index is 359. The highest BCUT2D eigenvalue weighted by Crippen LogP contribution is 1.98.